The van der Waals surface area contributed by atoms with Crippen LogP contribution in [-0.2, 0) is 22.4 Å². The summed E-state index contributed by atoms with van der Waals surface area (Å²) in [5, 5.41) is 0. The fourth-order valence-corrected chi connectivity index (χ4v) is 3.09. The smallest absolute Gasteiger partial charge is 0.317 e. The van der Waals surface area contributed by atoms with Crippen molar-refractivity contribution in [2.24, 2.45) is 0 Å². The second-order valence-electron chi connectivity index (χ2n) is 5.36. The summed E-state index contributed by atoms with van der Waals surface area (Å²) >= 11 is 0. The third kappa shape index (κ3) is 2.45. The molecule has 3 nitrogen and oxygen atoms in total. The number of halogens is 1. The lowest BCUT2D eigenvalue weighted by molar-refractivity contribution is -0.141. The van der Waals surface area contributed by atoms with Gasteiger partial charge in [-0.05, 0) is 59.4 Å². The van der Waals surface area contributed by atoms with Crippen molar-refractivity contribution in [3.63, 3.8) is 0 Å². The molecule has 0 aromatic heterocycles. The Balaban J connectivity index is 2.19. The molecular weight excluding hydrogens is 283 g/mol. The summed E-state index contributed by atoms with van der Waals surface area (Å²) in [6.07, 6.45) is 1.41. The fraction of sp³-hybridized carbons (Fsp3) is 0.278. The fourth-order valence-electron chi connectivity index (χ4n) is 3.09. The van der Waals surface area contributed by atoms with E-state index in [1.165, 1.54) is 19.2 Å². The lowest BCUT2D eigenvalue weighted by Gasteiger charge is -2.18. The molecule has 2 aromatic rings. The van der Waals surface area contributed by atoms with E-state index in [0.29, 0.717) is 6.42 Å². The van der Waals surface area contributed by atoms with Crippen LogP contribution in [0, 0.1) is 5.82 Å². The monoisotopic (exact) mass is 300 g/mol. The summed E-state index contributed by atoms with van der Waals surface area (Å²) in [7, 11) is 2.99. The molecule has 3 rings (SSSR count). The van der Waals surface area contributed by atoms with Crippen molar-refractivity contribution in [3.05, 3.63) is 64.5 Å². The van der Waals surface area contributed by atoms with Gasteiger partial charge in [-0.1, -0.05) is 12.1 Å². The van der Waals surface area contributed by atoms with E-state index in [2.05, 4.69) is 0 Å². The van der Waals surface area contributed by atoms with Gasteiger partial charge in [-0.2, -0.15) is 0 Å². The Labute approximate surface area is 128 Å². The SMILES string of the molecule is COC(=O)C1c2ccc(F)cc2CCc2cc(OC)ccc21. The number of benzene rings is 2. The van der Waals surface area contributed by atoms with E-state index in [9.17, 15) is 9.18 Å². The molecule has 114 valence electrons. The van der Waals surface area contributed by atoms with Crippen LogP contribution in [0.3, 0.4) is 0 Å². The Morgan fingerprint density at radius 3 is 2.32 bits per heavy atom. The van der Waals surface area contributed by atoms with Crippen LogP contribution in [0.4, 0.5) is 4.39 Å². The van der Waals surface area contributed by atoms with E-state index in [1.54, 1.807) is 13.2 Å². The highest BCUT2D eigenvalue weighted by molar-refractivity contribution is 5.83. The second kappa shape index (κ2) is 5.79. The average molecular weight is 300 g/mol. The molecule has 2 aromatic carbocycles. The van der Waals surface area contributed by atoms with Crippen LogP contribution in [0.25, 0.3) is 0 Å². The van der Waals surface area contributed by atoms with Gasteiger partial charge in [0, 0.05) is 0 Å². The zero-order chi connectivity index (χ0) is 15.7. The number of hydrogen-bond acceptors (Lipinski definition) is 3. The van der Waals surface area contributed by atoms with Gasteiger partial charge in [-0.3, -0.25) is 4.79 Å². The third-order valence-corrected chi connectivity index (χ3v) is 4.18. The van der Waals surface area contributed by atoms with Crippen molar-refractivity contribution >= 4 is 5.97 Å². The molecule has 0 amide bonds. The van der Waals surface area contributed by atoms with E-state index >= 15 is 0 Å². The molecule has 0 aliphatic heterocycles. The first kappa shape index (κ1) is 14.6. The van der Waals surface area contributed by atoms with E-state index in [1.807, 2.05) is 18.2 Å². The first-order valence-electron chi connectivity index (χ1n) is 7.17. The van der Waals surface area contributed by atoms with Crippen LogP contribution in [0.15, 0.2) is 36.4 Å². The molecule has 0 N–H and O–H groups in total. The maximum Gasteiger partial charge on any atom is 0.317 e. The number of esters is 1. The first-order valence-corrected chi connectivity index (χ1v) is 7.17. The average Bonchev–Trinajstić information content (AvgIpc) is 2.70. The first-order chi connectivity index (χ1) is 10.6. The quantitative estimate of drug-likeness (QED) is 0.799. The predicted octanol–water partition coefficient (Wildman–Crippen LogP) is 3.24. The van der Waals surface area contributed by atoms with Gasteiger partial charge in [0.1, 0.15) is 17.5 Å². The third-order valence-electron chi connectivity index (χ3n) is 4.18. The summed E-state index contributed by atoms with van der Waals surface area (Å²) in [5.41, 5.74) is 3.60. The summed E-state index contributed by atoms with van der Waals surface area (Å²) in [4.78, 5) is 12.3. The number of fused-ring (bicyclic) bond motifs is 2. The largest absolute Gasteiger partial charge is 0.497 e. The van der Waals surface area contributed by atoms with E-state index in [-0.39, 0.29) is 11.8 Å². The molecule has 0 fully saturated rings. The zero-order valence-corrected chi connectivity index (χ0v) is 12.6. The van der Waals surface area contributed by atoms with Gasteiger partial charge in [0.15, 0.2) is 0 Å². The number of rotatable bonds is 2. The van der Waals surface area contributed by atoms with E-state index in [4.69, 9.17) is 9.47 Å². The number of methoxy groups -OCH3 is 2. The standard InChI is InChI=1S/C18H17FO3/c1-21-14-6-8-16-12(10-14)4-3-11-9-13(19)5-7-15(11)17(16)18(20)22-2/h5-10,17H,3-4H2,1-2H3. The van der Waals surface area contributed by atoms with Gasteiger partial charge in [0.25, 0.3) is 0 Å². The van der Waals surface area contributed by atoms with Gasteiger partial charge in [0.05, 0.1) is 14.2 Å². The molecule has 1 unspecified atom stereocenters. The molecule has 0 spiro atoms. The molecular formula is C18H17FO3. The highest BCUT2D eigenvalue weighted by atomic mass is 19.1. The Bertz CT molecular complexity index is 724. The number of aryl methyl sites for hydroxylation is 2. The highest BCUT2D eigenvalue weighted by Gasteiger charge is 2.30. The minimum absolute atomic E-state index is 0.286. The highest BCUT2D eigenvalue weighted by Crippen LogP contribution is 2.36. The summed E-state index contributed by atoms with van der Waals surface area (Å²) < 4.78 is 23.8. The van der Waals surface area contributed by atoms with Gasteiger partial charge in [-0.25, -0.2) is 4.39 Å². The summed E-state index contributed by atoms with van der Waals surface area (Å²) in [5.74, 6) is -0.393. The molecule has 1 aliphatic rings. The summed E-state index contributed by atoms with van der Waals surface area (Å²) in [6.45, 7) is 0. The van der Waals surface area contributed by atoms with E-state index < -0.39 is 5.92 Å². The molecule has 0 radical (unpaired) electrons. The Morgan fingerprint density at radius 2 is 1.68 bits per heavy atom. The number of hydrogen-bond donors (Lipinski definition) is 0. The molecule has 1 atom stereocenters. The number of carbonyl (C=O) groups excluding carboxylic acids is 1. The number of ether oxygens (including phenoxy) is 2. The van der Waals surface area contributed by atoms with Crippen molar-refractivity contribution in [2.75, 3.05) is 14.2 Å². The van der Waals surface area contributed by atoms with Gasteiger partial charge in [0.2, 0.25) is 0 Å². The minimum Gasteiger partial charge on any atom is -0.497 e. The molecule has 1 aliphatic carbocycles. The van der Waals surface area contributed by atoms with Crippen molar-refractivity contribution < 1.29 is 18.7 Å². The Kier molecular flexibility index (Phi) is 3.84. The number of carbonyl (C=O) groups is 1. The molecule has 0 saturated heterocycles. The van der Waals surface area contributed by atoms with Crippen molar-refractivity contribution in [1.29, 1.82) is 0 Å². The zero-order valence-electron chi connectivity index (χ0n) is 12.6. The lowest BCUT2D eigenvalue weighted by atomic mass is 9.88. The van der Waals surface area contributed by atoms with Gasteiger partial charge < -0.3 is 9.47 Å². The molecule has 0 saturated carbocycles. The van der Waals surface area contributed by atoms with Gasteiger partial charge in [-0.15, -0.1) is 0 Å². The van der Waals surface area contributed by atoms with Crippen molar-refractivity contribution in [2.45, 2.75) is 18.8 Å². The maximum absolute atomic E-state index is 13.5. The van der Waals surface area contributed by atoms with Crippen molar-refractivity contribution in [3.8, 4) is 5.75 Å². The minimum atomic E-state index is -0.524. The van der Waals surface area contributed by atoms with Crippen LogP contribution in [0.2, 0.25) is 0 Å². The molecule has 0 bridgehead atoms. The van der Waals surface area contributed by atoms with Crippen molar-refractivity contribution in [1.82, 2.24) is 0 Å². The van der Waals surface area contributed by atoms with Crippen LogP contribution >= 0.6 is 0 Å². The Hall–Kier alpha value is -2.36. The van der Waals surface area contributed by atoms with Crippen LogP contribution < -0.4 is 4.74 Å². The van der Waals surface area contributed by atoms with Crippen LogP contribution in [-0.4, -0.2) is 20.2 Å². The van der Waals surface area contributed by atoms with Gasteiger partial charge >= 0.3 is 5.97 Å². The Morgan fingerprint density at radius 1 is 1.05 bits per heavy atom. The van der Waals surface area contributed by atoms with Crippen LogP contribution in [0.1, 0.15) is 28.2 Å². The topological polar surface area (TPSA) is 35.5 Å². The van der Waals surface area contributed by atoms with Crippen LogP contribution in [0.5, 0.6) is 5.75 Å². The summed E-state index contributed by atoms with van der Waals surface area (Å²) in [6, 6.07) is 10.3. The normalized spacial score (nSPS) is 16.2. The predicted molar refractivity (Wildman–Crippen MR) is 80.7 cm³/mol. The second-order valence-corrected chi connectivity index (χ2v) is 5.36. The lowest BCUT2D eigenvalue weighted by Crippen LogP contribution is -2.17. The molecule has 4 heteroatoms. The maximum atomic E-state index is 13.5. The molecule has 22 heavy (non-hydrogen) atoms. The van der Waals surface area contributed by atoms with E-state index in [0.717, 1.165) is 34.4 Å². The molecule has 0 heterocycles.